The number of esters is 1. The summed E-state index contributed by atoms with van der Waals surface area (Å²) in [4.78, 5) is 51.1. The first-order chi connectivity index (χ1) is 15.8. The smallest absolute Gasteiger partial charge is 0.408 e. The van der Waals surface area contributed by atoms with Gasteiger partial charge in [0.25, 0.3) is 0 Å². The van der Waals surface area contributed by atoms with Crippen molar-refractivity contribution in [2.45, 2.75) is 45.4 Å². The van der Waals surface area contributed by atoms with E-state index in [1.807, 2.05) is 6.07 Å². The molecule has 3 N–H and O–H groups in total. The number of aromatic hydroxyl groups is 1. The van der Waals surface area contributed by atoms with Crippen LogP contribution in [0.4, 0.5) is 4.79 Å². The van der Waals surface area contributed by atoms with Crippen LogP contribution in [0.5, 0.6) is 5.75 Å². The number of nitrogens with zero attached hydrogens (tertiary/aromatic N) is 2. The number of benzene rings is 1. The highest BCUT2D eigenvalue weighted by Crippen LogP contribution is 2.27. The topological polar surface area (TPSA) is 158 Å². The number of methoxy groups -OCH3 is 1. The number of hydrogen-bond acceptors (Lipinski definition) is 9. The summed E-state index contributed by atoms with van der Waals surface area (Å²) < 4.78 is 9.70. The van der Waals surface area contributed by atoms with Crippen molar-refractivity contribution < 1.29 is 33.8 Å². The number of nitriles is 1. The largest absolute Gasteiger partial charge is 0.508 e. The molecule has 1 aromatic carbocycles. The minimum Gasteiger partial charge on any atom is -0.508 e. The van der Waals surface area contributed by atoms with Crippen molar-refractivity contribution in [1.82, 2.24) is 15.5 Å². The Labute approximate surface area is 203 Å². The zero-order valence-corrected chi connectivity index (χ0v) is 20.6. The van der Waals surface area contributed by atoms with Gasteiger partial charge in [-0.05, 0) is 51.0 Å². The van der Waals surface area contributed by atoms with Gasteiger partial charge in [0, 0.05) is 5.75 Å². The fourth-order valence-electron chi connectivity index (χ4n) is 2.86. The number of thiol groups is 1. The zero-order valence-electron chi connectivity index (χ0n) is 19.7. The Morgan fingerprint density at radius 1 is 1.26 bits per heavy atom. The fourth-order valence-corrected chi connectivity index (χ4v) is 3.11. The molecule has 186 valence electrons. The van der Waals surface area contributed by atoms with Gasteiger partial charge in [0.15, 0.2) is 0 Å². The quantitative estimate of drug-likeness (QED) is 0.227. The number of carbonyl (C=O) groups excluding carboxylic acids is 4. The summed E-state index contributed by atoms with van der Waals surface area (Å²) in [5, 5.41) is 24.0. The average Bonchev–Trinajstić information content (AvgIpc) is 2.76. The number of phenols is 1. The van der Waals surface area contributed by atoms with E-state index in [4.69, 9.17) is 4.74 Å². The minimum absolute atomic E-state index is 0.0320. The summed E-state index contributed by atoms with van der Waals surface area (Å²) >= 11 is 4.13. The number of nitrogens with one attached hydrogen (secondary N) is 2. The first-order valence-electron chi connectivity index (χ1n) is 10.3. The molecule has 2 atom stereocenters. The molecule has 0 aliphatic rings. The molecule has 0 saturated carbocycles. The van der Waals surface area contributed by atoms with Crippen LogP contribution in [0.25, 0.3) is 0 Å². The van der Waals surface area contributed by atoms with Crippen LogP contribution in [0.2, 0.25) is 0 Å². The molecule has 0 radical (unpaired) electrons. The molecule has 12 heteroatoms. The van der Waals surface area contributed by atoms with Crippen molar-refractivity contribution in [1.29, 1.82) is 5.26 Å². The molecule has 34 heavy (non-hydrogen) atoms. The molecular weight excluding hydrogens is 464 g/mol. The van der Waals surface area contributed by atoms with E-state index in [1.54, 1.807) is 27.7 Å². The van der Waals surface area contributed by atoms with Gasteiger partial charge < -0.3 is 30.1 Å². The third-order valence-corrected chi connectivity index (χ3v) is 4.79. The van der Waals surface area contributed by atoms with Crippen LogP contribution in [-0.2, 0) is 23.9 Å². The maximum absolute atomic E-state index is 13.4. The maximum Gasteiger partial charge on any atom is 0.408 e. The second-order valence-electron chi connectivity index (χ2n) is 8.25. The lowest BCUT2D eigenvalue weighted by molar-refractivity contribution is -0.144. The van der Waals surface area contributed by atoms with E-state index in [0.29, 0.717) is 5.56 Å². The summed E-state index contributed by atoms with van der Waals surface area (Å²) in [7, 11) is 1.15. The van der Waals surface area contributed by atoms with Crippen molar-refractivity contribution in [2.75, 3.05) is 26.0 Å². The van der Waals surface area contributed by atoms with E-state index in [0.717, 1.165) is 12.0 Å². The number of phenolic OH excluding ortho intramolecular Hbond substituents is 1. The lowest BCUT2D eigenvalue weighted by Gasteiger charge is -2.32. The lowest BCUT2D eigenvalue weighted by atomic mass is 10.0. The maximum atomic E-state index is 13.4. The molecular formula is C22H30N4O7S. The van der Waals surface area contributed by atoms with Gasteiger partial charge in [0.05, 0.1) is 13.2 Å². The van der Waals surface area contributed by atoms with Gasteiger partial charge >= 0.3 is 12.1 Å². The van der Waals surface area contributed by atoms with E-state index in [-0.39, 0.29) is 17.1 Å². The first kappa shape index (κ1) is 28.6. The normalized spacial score (nSPS) is 12.5. The number of amides is 3. The highest BCUT2D eigenvalue weighted by molar-refractivity contribution is 7.80. The van der Waals surface area contributed by atoms with E-state index in [2.05, 4.69) is 28.0 Å². The number of rotatable bonds is 9. The third-order valence-electron chi connectivity index (χ3n) is 4.43. The average molecular weight is 495 g/mol. The minimum atomic E-state index is -1.36. The first-order valence-corrected chi connectivity index (χ1v) is 10.9. The van der Waals surface area contributed by atoms with Crippen molar-refractivity contribution in [3.63, 3.8) is 0 Å². The Balaban J connectivity index is 3.38. The number of ether oxygens (including phenoxy) is 2. The van der Waals surface area contributed by atoms with Gasteiger partial charge in [0.1, 0.15) is 36.5 Å². The van der Waals surface area contributed by atoms with Crippen molar-refractivity contribution >= 4 is 36.5 Å². The summed E-state index contributed by atoms with van der Waals surface area (Å²) in [6.07, 6.45) is -0.871. The predicted octanol–water partition coefficient (Wildman–Crippen LogP) is 1.21. The van der Waals surface area contributed by atoms with E-state index in [9.17, 15) is 29.5 Å². The SMILES string of the molecule is COC(=O)CNC(=O)C(c1ccc(O)c(C)c1)N(CC#N)C(=O)C(CS)NC(=O)OC(C)(C)C. The molecule has 0 saturated heterocycles. The van der Waals surface area contributed by atoms with E-state index >= 15 is 0 Å². The van der Waals surface area contributed by atoms with Gasteiger partial charge in [-0.25, -0.2) is 4.79 Å². The van der Waals surface area contributed by atoms with Crippen LogP contribution in [0.3, 0.4) is 0 Å². The summed E-state index contributed by atoms with van der Waals surface area (Å²) in [5.74, 6) is -2.44. The predicted molar refractivity (Wildman–Crippen MR) is 125 cm³/mol. The Morgan fingerprint density at radius 3 is 2.41 bits per heavy atom. The van der Waals surface area contributed by atoms with Gasteiger partial charge in [-0.2, -0.15) is 17.9 Å². The van der Waals surface area contributed by atoms with Gasteiger partial charge in [-0.3, -0.25) is 14.4 Å². The molecule has 3 amide bonds. The summed E-state index contributed by atoms with van der Waals surface area (Å²) in [6.45, 7) is 5.57. The molecule has 0 spiro atoms. The number of alkyl carbamates (subject to hydrolysis) is 1. The molecule has 0 aliphatic carbocycles. The zero-order chi connectivity index (χ0) is 26.1. The molecule has 1 rings (SSSR count). The van der Waals surface area contributed by atoms with Crippen LogP contribution in [0.15, 0.2) is 18.2 Å². The van der Waals surface area contributed by atoms with Gasteiger partial charge in [-0.1, -0.05) is 6.07 Å². The molecule has 0 aromatic heterocycles. The second-order valence-corrected chi connectivity index (χ2v) is 8.61. The number of carbonyl (C=O) groups is 4. The molecule has 2 unspecified atom stereocenters. The Morgan fingerprint density at radius 2 is 1.91 bits per heavy atom. The van der Waals surface area contributed by atoms with Crippen LogP contribution in [0, 0.1) is 18.3 Å². The molecule has 0 bridgehead atoms. The summed E-state index contributed by atoms with van der Waals surface area (Å²) in [5.41, 5.74) is -0.123. The fraction of sp³-hybridized carbons (Fsp3) is 0.500. The highest BCUT2D eigenvalue weighted by Gasteiger charge is 2.36. The third kappa shape index (κ3) is 8.47. The molecule has 11 nitrogen and oxygen atoms in total. The monoisotopic (exact) mass is 494 g/mol. The van der Waals surface area contributed by atoms with Crippen molar-refractivity contribution in [3.8, 4) is 11.8 Å². The van der Waals surface area contributed by atoms with Crippen molar-refractivity contribution in [3.05, 3.63) is 29.3 Å². The van der Waals surface area contributed by atoms with Crippen LogP contribution >= 0.6 is 12.6 Å². The van der Waals surface area contributed by atoms with Crippen LogP contribution in [-0.4, -0.2) is 71.5 Å². The number of hydrogen-bond donors (Lipinski definition) is 4. The Kier molecular flexibility index (Phi) is 10.7. The van der Waals surface area contributed by atoms with Gasteiger partial charge in [-0.15, -0.1) is 0 Å². The summed E-state index contributed by atoms with van der Waals surface area (Å²) in [6, 6.07) is 3.50. The van der Waals surface area contributed by atoms with Crippen LogP contribution in [0.1, 0.15) is 37.9 Å². The van der Waals surface area contributed by atoms with E-state index < -0.39 is 54.7 Å². The molecule has 0 heterocycles. The molecule has 0 aliphatic heterocycles. The van der Waals surface area contributed by atoms with Crippen molar-refractivity contribution in [2.24, 2.45) is 0 Å². The molecule has 1 aromatic rings. The Bertz CT molecular complexity index is 956. The second kappa shape index (κ2) is 12.7. The lowest BCUT2D eigenvalue weighted by Crippen LogP contribution is -2.54. The van der Waals surface area contributed by atoms with Gasteiger partial charge in [0.2, 0.25) is 11.8 Å². The standard InChI is InChI=1S/C22H30N4O7S/c1-13-10-14(6-7-16(13)27)18(19(29)24-11-17(28)32-5)26(9-8-23)20(30)15(12-34)25-21(31)33-22(2,3)4/h6-7,10,15,18,27,34H,9,11-12H2,1-5H3,(H,24,29)(H,25,31). The highest BCUT2D eigenvalue weighted by atomic mass is 32.1. The molecule has 0 fully saturated rings. The van der Waals surface area contributed by atoms with E-state index in [1.165, 1.54) is 18.2 Å². The number of aryl methyl sites for hydroxylation is 1. The Hall–Kier alpha value is -3.46. The van der Waals surface area contributed by atoms with Crippen LogP contribution < -0.4 is 10.6 Å².